The van der Waals surface area contributed by atoms with Gasteiger partial charge in [-0.1, -0.05) is 18.2 Å². The van der Waals surface area contributed by atoms with E-state index in [1.54, 1.807) is 12.1 Å². The minimum atomic E-state index is -0.279. The number of piperidine rings is 1. The first-order valence-electron chi connectivity index (χ1n) is 10.0. The molecule has 0 saturated carbocycles. The SMILES string of the molecule is Cn1c(-c2ccc(F)cc2)c(C(=O)NC2C[C@H]3CC[C@@H](C2)N3)c2ccccc21. The number of nitrogens with zero attached hydrogens (tertiary/aromatic N) is 1. The third kappa shape index (κ3) is 2.90. The summed E-state index contributed by atoms with van der Waals surface area (Å²) >= 11 is 0. The third-order valence-electron chi connectivity index (χ3n) is 6.26. The molecular formula is C23H24FN3O. The monoisotopic (exact) mass is 377 g/mol. The molecule has 3 atom stereocenters. The van der Waals surface area contributed by atoms with Crippen molar-refractivity contribution in [1.29, 1.82) is 0 Å². The average molecular weight is 377 g/mol. The molecule has 5 heteroatoms. The second kappa shape index (κ2) is 6.74. The highest BCUT2D eigenvalue weighted by atomic mass is 19.1. The number of nitrogens with one attached hydrogen (secondary N) is 2. The van der Waals surface area contributed by atoms with Crippen LogP contribution in [-0.2, 0) is 7.05 Å². The summed E-state index contributed by atoms with van der Waals surface area (Å²) in [7, 11) is 1.96. The number of amides is 1. The van der Waals surface area contributed by atoms with Gasteiger partial charge in [-0.15, -0.1) is 0 Å². The Bertz CT molecular complexity index is 1030. The lowest BCUT2D eigenvalue weighted by Crippen LogP contribution is -2.48. The molecule has 2 fully saturated rings. The quantitative estimate of drug-likeness (QED) is 0.725. The molecule has 2 aliphatic rings. The molecule has 2 bridgehead atoms. The van der Waals surface area contributed by atoms with Crippen LogP contribution in [0.25, 0.3) is 22.2 Å². The Morgan fingerprint density at radius 2 is 1.75 bits per heavy atom. The molecule has 1 unspecified atom stereocenters. The van der Waals surface area contributed by atoms with Crippen molar-refractivity contribution in [2.24, 2.45) is 7.05 Å². The highest BCUT2D eigenvalue weighted by molar-refractivity contribution is 6.12. The Balaban J connectivity index is 1.56. The molecule has 2 aliphatic heterocycles. The molecule has 2 aromatic carbocycles. The van der Waals surface area contributed by atoms with Gasteiger partial charge in [-0.3, -0.25) is 4.79 Å². The van der Waals surface area contributed by atoms with E-state index in [1.165, 1.54) is 25.0 Å². The predicted molar refractivity (Wildman–Crippen MR) is 109 cm³/mol. The lowest BCUT2D eigenvalue weighted by Gasteiger charge is -2.29. The highest BCUT2D eigenvalue weighted by Crippen LogP contribution is 2.34. The maximum absolute atomic E-state index is 13.5. The highest BCUT2D eigenvalue weighted by Gasteiger charge is 2.35. The second-order valence-corrected chi connectivity index (χ2v) is 8.09. The van der Waals surface area contributed by atoms with E-state index in [-0.39, 0.29) is 17.8 Å². The van der Waals surface area contributed by atoms with Gasteiger partial charge >= 0.3 is 0 Å². The fourth-order valence-electron chi connectivity index (χ4n) is 5.00. The molecule has 5 rings (SSSR count). The smallest absolute Gasteiger partial charge is 0.254 e. The number of carbonyl (C=O) groups is 1. The number of fused-ring (bicyclic) bond motifs is 3. The van der Waals surface area contributed by atoms with Crippen molar-refractivity contribution < 1.29 is 9.18 Å². The molecular weight excluding hydrogens is 353 g/mol. The van der Waals surface area contributed by atoms with E-state index < -0.39 is 0 Å². The molecule has 0 radical (unpaired) electrons. The van der Waals surface area contributed by atoms with Gasteiger partial charge in [0, 0.05) is 36.1 Å². The number of hydrogen-bond acceptors (Lipinski definition) is 2. The molecule has 28 heavy (non-hydrogen) atoms. The number of halogens is 1. The number of para-hydroxylation sites is 1. The first-order valence-corrected chi connectivity index (χ1v) is 10.0. The van der Waals surface area contributed by atoms with Crippen LogP contribution in [0.5, 0.6) is 0 Å². The van der Waals surface area contributed by atoms with Gasteiger partial charge in [0.2, 0.25) is 0 Å². The Morgan fingerprint density at radius 3 is 2.46 bits per heavy atom. The number of benzene rings is 2. The lowest BCUT2D eigenvalue weighted by atomic mass is 9.98. The van der Waals surface area contributed by atoms with Crippen LogP contribution in [0.3, 0.4) is 0 Å². The van der Waals surface area contributed by atoms with Crippen LogP contribution in [-0.4, -0.2) is 28.6 Å². The van der Waals surface area contributed by atoms with E-state index in [9.17, 15) is 9.18 Å². The molecule has 1 aromatic heterocycles. The van der Waals surface area contributed by atoms with Crippen molar-refractivity contribution in [2.75, 3.05) is 0 Å². The maximum Gasteiger partial charge on any atom is 0.254 e. The fourth-order valence-corrected chi connectivity index (χ4v) is 5.00. The minimum Gasteiger partial charge on any atom is -0.349 e. The number of carbonyl (C=O) groups excluding carboxylic acids is 1. The van der Waals surface area contributed by atoms with Crippen molar-refractivity contribution in [1.82, 2.24) is 15.2 Å². The van der Waals surface area contributed by atoms with Crippen LogP contribution in [0.15, 0.2) is 48.5 Å². The van der Waals surface area contributed by atoms with E-state index in [0.29, 0.717) is 17.6 Å². The fraction of sp³-hybridized carbons (Fsp3) is 0.348. The molecule has 2 N–H and O–H groups in total. The van der Waals surface area contributed by atoms with Crippen molar-refractivity contribution in [3.05, 3.63) is 59.9 Å². The van der Waals surface area contributed by atoms with Gasteiger partial charge in [-0.25, -0.2) is 4.39 Å². The number of rotatable bonds is 3. The Labute approximate surface area is 163 Å². The summed E-state index contributed by atoms with van der Waals surface area (Å²) in [5.41, 5.74) is 3.35. The van der Waals surface area contributed by atoms with Gasteiger partial charge < -0.3 is 15.2 Å². The van der Waals surface area contributed by atoms with Gasteiger partial charge in [0.15, 0.2) is 0 Å². The molecule has 2 saturated heterocycles. The third-order valence-corrected chi connectivity index (χ3v) is 6.26. The van der Waals surface area contributed by atoms with Gasteiger partial charge in [-0.2, -0.15) is 0 Å². The summed E-state index contributed by atoms with van der Waals surface area (Å²) in [5.74, 6) is -0.318. The summed E-state index contributed by atoms with van der Waals surface area (Å²) in [5, 5.41) is 7.84. The molecule has 0 spiro atoms. The van der Waals surface area contributed by atoms with Crippen LogP contribution in [0.4, 0.5) is 4.39 Å². The minimum absolute atomic E-state index is 0.0394. The van der Waals surface area contributed by atoms with E-state index in [0.717, 1.165) is 35.0 Å². The number of aryl methyl sites for hydroxylation is 1. The standard InChI is InChI=1S/C23H24FN3O/c1-27-20-5-3-2-4-19(20)21(22(27)14-6-8-15(24)9-7-14)23(28)26-18-12-16-10-11-17(13-18)25-16/h2-9,16-18,25H,10-13H2,1H3,(H,26,28)/t16-,17+,18?. The van der Waals surface area contributed by atoms with Gasteiger partial charge in [0.1, 0.15) is 5.82 Å². The largest absolute Gasteiger partial charge is 0.349 e. The molecule has 4 nitrogen and oxygen atoms in total. The zero-order chi connectivity index (χ0) is 19.3. The maximum atomic E-state index is 13.5. The first kappa shape index (κ1) is 17.4. The summed E-state index contributed by atoms with van der Waals surface area (Å²) < 4.78 is 15.5. The summed E-state index contributed by atoms with van der Waals surface area (Å²) in [6.07, 6.45) is 4.37. The molecule has 3 aromatic rings. The van der Waals surface area contributed by atoms with Crippen LogP contribution in [0.1, 0.15) is 36.0 Å². The predicted octanol–water partition coefficient (Wildman–Crippen LogP) is 4.00. The zero-order valence-corrected chi connectivity index (χ0v) is 15.9. The molecule has 1 amide bonds. The van der Waals surface area contributed by atoms with Crippen molar-refractivity contribution in [3.63, 3.8) is 0 Å². The summed E-state index contributed by atoms with van der Waals surface area (Å²) in [6, 6.07) is 15.6. The average Bonchev–Trinajstić information content (AvgIpc) is 3.19. The van der Waals surface area contributed by atoms with E-state index in [1.807, 2.05) is 35.9 Å². The van der Waals surface area contributed by atoms with Gasteiger partial charge in [0.05, 0.1) is 11.3 Å². The Morgan fingerprint density at radius 1 is 1.07 bits per heavy atom. The van der Waals surface area contributed by atoms with Crippen LogP contribution in [0.2, 0.25) is 0 Å². The van der Waals surface area contributed by atoms with Crippen LogP contribution >= 0.6 is 0 Å². The molecule has 3 heterocycles. The first-order chi connectivity index (χ1) is 13.6. The Kier molecular flexibility index (Phi) is 4.20. The second-order valence-electron chi connectivity index (χ2n) is 8.09. The zero-order valence-electron chi connectivity index (χ0n) is 15.9. The number of hydrogen-bond donors (Lipinski definition) is 2. The van der Waals surface area contributed by atoms with E-state index in [2.05, 4.69) is 10.6 Å². The van der Waals surface area contributed by atoms with Gasteiger partial charge in [-0.05, 0) is 61.6 Å². The normalized spacial score (nSPS) is 23.9. The topological polar surface area (TPSA) is 46.1 Å². The van der Waals surface area contributed by atoms with E-state index >= 15 is 0 Å². The van der Waals surface area contributed by atoms with Crippen LogP contribution < -0.4 is 10.6 Å². The van der Waals surface area contributed by atoms with Crippen molar-refractivity contribution in [3.8, 4) is 11.3 Å². The lowest BCUT2D eigenvalue weighted by molar-refractivity contribution is 0.0926. The Hall–Kier alpha value is -2.66. The number of aromatic nitrogens is 1. The summed E-state index contributed by atoms with van der Waals surface area (Å²) in [4.78, 5) is 13.4. The summed E-state index contributed by atoms with van der Waals surface area (Å²) in [6.45, 7) is 0. The van der Waals surface area contributed by atoms with E-state index in [4.69, 9.17) is 0 Å². The van der Waals surface area contributed by atoms with Gasteiger partial charge in [0.25, 0.3) is 5.91 Å². The van der Waals surface area contributed by atoms with Crippen molar-refractivity contribution in [2.45, 2.75) is 43.8 Å². The van der Waals surface area contributed by atoms with Crippen molar-refractivity contribution >= 4 is 16.8 Å². The molecule has 0 aliphatic carbocycles. The molecule has 144 valence electrons. The van der Waals surface area contributed by atoms with Crippen LogP contribution in [0, 0.1) is 5.82 Å².